The van der Waals surface area contributed by atoms with Crippen molar-refractivity contribution in [3.05, 3.63) is 0 Å². The Hall–Kier alpha value is 1.51. The summed E-state index contributed by atoms with van der Waals surface area (Å²) >= 11 is 0. The van der Waals surface area contributed by atoms with Crippen molar-refractivity contribution < 1.29 is 69.5 Å². The van der Waals surface area contributed by atoms with E-state index in [0.29, 0.717) is 12.8 Å². The molecule has 1 N–H and O–H groups in total. The Labute approximate surface area is 218 Å². The van der Waals surface area contributed by atoms with E-state index >= 15 is 0 Å². The fraction of sp³-hybridized carbons (Fsp3) is 1.00. The molecular formula is C22H45KO4S. The molecule has 2 atom stereocenters. The average molecular weight is 445 g/mol. The van der Waals surface area contributed by atoms with Gasteiger partial charge in [0.1, 0.15) is 0 Å². The number of hydrogen-bond acceptors (Lipinski definition) is 4. The van der Waals surface area contributed by atoms with E-state index in [1.54, 1.807) is 0 Å². The Balaban J connectivity index is 0. The van der Waals surface area contributed by atoms with Crippen LogP contribution in [0.5, 0.6) is 0 Å². The largest absolute Gasteiger partial charge is 1.00 e. The molecule has 0 aliphatic heterocycles. The van der Waals surface area contributed by atoms with Crippen LogP contribution < -0.4 is 51.4 Å². The van der Waals surface area contributed by atoms with E-state index in [1.807, 2.05) is 6.92 Å². The van der Waals surface area contributed by atoms with Crippen molar-refractivity contribution in [2.24, 2.45) is 0 Å². The molecule has 0 spiro atoms. The molecule has 0 aromatic rings. The molecule has 0 radical (unpaired) electrons. The van der Waals surface area contributed by atoms with Gasteiger partial charge in [0.05, 0.1) is 16.2 Å². The van der Waals surface area contributed by atoms with Crippen LogP contribution in [0.3, 0.4) is 0 Å². The third kappa shape index (κ3) is 20.8. The molecule has 0 aliphatic carbocycles. The van der Waals surface area contributed by atoms with E-state index in [4.69, 9.17) is 0 Å². The summed E-state index contributed by atoms with van der Waals surface area (Å²) in [6, 6.07) is 0. The quantitative estimate of drug-likeness (QED) is 0.177. The van der Waals surface area contributed by atoms with Gasteiger partial charge in [-0.2, -0.15) is 0 Å². The first-order chi connectivity index (χ1) is 12.9. The van der Waals surface area contributed by atoms with Gasteiger partial charge in [-0.05, 0) is 25.7 Å². The van der Waals surface area contributed by atoms with E-state index in [0.717, 1.165) is 70.6 Å². The Morgan fingerprint density at radius 3 is 1.39 bits per heavy atom. The van der Waals surface area contributed by atoms with Crippen LogP contribution in [0.15, 0.2) is 0 Å². The van der Waals surface area contributed by atoms with Gasteiger partial charge in [-0.3, -0.25) is 0 Å². The van der Waals surface area contributed by atoms with Gasteiger partial charge in [0.15, 0.2) is 0 Å². The molecule has 0 aromatic carbocycles. The topological polar surface area (TPSA) is 77.4 Å². The molecule has 0 heterocycles. The maximum absolute atomic E-state index is 11.5. The number of aliphatic hydroxyl groups excluding tert-OH is 1. The minimum atomic E-state index is -4.16. The van der Waals surface area contributed by atoms with Gasteiger partial charge >= 0.3 is 51.4 Å². The van der Waals surface area contributed by atoms with Crippen molar-refractivity contribution >= 4 is 10.1 Å². The molecule has 0 aromatic heterocycles. The van der Waals surface area contributed by atoms with Crippen LogP contribution in [0.4, 0.5) is 0 Å². The molecule has 0 amide bonds. The maximum Gasteiger partial charge on any atom is 1.00 e. The van der Waals surface area contributed by atoms with Gasteiger partial charge in [0.25, 0.3) is 0 Å². The molecule has 0 saturated carbocycles. The Morgan fingerprint density at radius 2 is 1.04 bits per heavy atom. The van der Waals surface area contributed by atoms with Gasteiger partial charge in [-0.25, -0.2) is 8.42 Å². The molecule has 28 heavy (non-hydrogen) atoms. The van der Waals surface area contributed by atoms with Crippen molar-refractivity contribution in [1.29, 1.82) is 0 Å². The second-order valence-electron chi connectivity index (χ2n) is 8.14. The molecular weight excluding hydrogens is 399 g/mol. The predicted molar refractivity (Wildman–Crippen MR) is 114 cm³/mol. The SMILES string of the molecule is CCCCCCCCCC(CCCCCCCCCC(O)CC)S(=O)(=O)[O-].[K+]. The van der Waals surface area contributed by atoms with Crippen molar-refractivity contribution in [3.63, 3.8) is 0 Å². The first-order valence-electron chi connectivity index (χ1n) is 11.5. The van der Waals surface area contributed by atoms with Crippen LogP contribution in [0, 0.1) is 0 Å². The normalized spacial score (nSPS) is 13.9. The molecule has 6 heteroatoms. The molecule has 2 unspecified atom stereocenters. The molecule has 0 aliphatic rings. The van der Waals surface area contributed by atoms with Crippen molar-refractivity contribution in [2.45, 2.75) is 141 Å². The van der Waals surface area contributed by atoms with Crippen LogP contribution in [0.2, 0.25) is 0 Å². The third-order valence-electron chi connectivity index (χ3n) is 5.57. The molecule has 0 fully saturated rings. The van der Waals surface area contributed by atoms with E-state index in [9.17, 15) is 18.1 Å². The van der Waals surface area contributed by atoms with Crippen LogP contribution >= 0.6 is 0 Å². The zero-order valence-corrected chi connectivity index (χ0v) is 22.9. The summed E-state index contributed by atoms with van der Waals surface area (Å²) < 4.78 is 34.4. The van der Waals surface area contributed by atoms with Crippen LogP contribution in [0.25, 0.3) is 0 Å². The average Bonchev–Trinajstić information content (AvgIpc) is 2.62. The van der Waals surface area contributed by atoms with Gasteiger partial charge in [-0.1, -0.05) is 104 Å². The minimum absolute atomic E-state index is 0. The summed E-state index contributed by atoms with van der Waals surface area (Å²) in [5, 5.41) is 8.82. The standard InChI is InChI=1S/C22H46O4S.K/c1-3-5-6-7-9-13-16-19-22(27(24,25)26)20-17-14-11-8-10-12-15-18-21(23)4-2;/h21-23H,3-20H2,1-2H3,(H,24,25,26);/q;+1/p-1. The summed E-state index contributed by atoms with van der Waals surface area (Å²) in [6.07, 6.45) is 18.3. The first kappa shape index (κ1) is 31.7. The number of aliphatic hydroxyl groups is 1. The van der Waals surface area contributed by atoms with E-state index in [2.05, 4.69) is 6.92 Å². The van der Waals surface area contributed by atoms with E-state index < -0.39 is 15.4 Å². The third-order valence-corrected chi connectivity index (χ3v) is 6.86. The first-order valence-corrected chi connectivity index (χ1v) is 13.0. The number of unbranched alkanes of at least 4 members (excludes halogenated alkanes) is 12. The van der Waals surface area contributed by atoms with Gasteiger partial charge in [0.2, 0.25) is 0 Å². The summed E-state index contributed by atoms with van der Waals surface area (Å²) in [6.45, 7) is 4.20. The molecule has 164 valence electrons. The zero-order valence-electron chi connectivity index (χ0n) is 19.0. The van der Waals surface area contributed by atoms with E-state index in [1.165, 1.54) is 32.1 Å². The Morgan fingerprint density at radius 1 is 0.679 bits per heavy atom. The minimum Gasteiger partial charge on any atom is -0.748 e. The smallest absolute Gasteiger partial charge is 0.748 e. The van der Waals surface area contributed by atoms with Gasteiger partial charge in [0, 0.05) is 5.25 Å². The monoisotopic (exact) mass is 444 g/mol. The molecule has 0 saturated heterocycles. The summed E-state index contributed by atoms with van der Waals surface area (Å²) in [7, 11) is -4.16. The summed E-state index contributed by atoms with van der Waals surface area (Å²) in [4.78, 5) is 0. The van der Waals surface area contributed by atoms with Crippen LogP contribution in [-0.4, -0.2) is 29.4 Å². The van der Waals surface area contributed by atoms with Crippen molar-refractivity contribution in [1.82, 2.24) is 0 Å². The second kappa shape index (κ2) is 21.7. The number of hydrogen-bond donors (Lipinski definition) is 1. The predicted octanol–water partition coefficient (Wildman–Crippen LogP) is 3.33. The van der Waals surface area contributed by atoms with Crippen molar-refractivity contribution in [2.75, 3.05) is 0 Å². The van der Waals surface area contributed by atoms with Gasteiger partial charge in [-0.15, -0.1) is 0 Å². The summed E-state index contributed by atoms with van der Waals surface area (Å²) in [5.74, 6) is 0. The Bertz CT molecular complexity index is 415. The molecule has 0 bridgehead atoms. The maximum atomic E-state index is 11.5. The fourth-order valence-electron chi connectivity index (χ4n) is 3.60. The van der Waals surface area contributed by atoms with Gasteiger partial charge < -0.3 is 9.66 Å². The molecule has 0 rings (SSSR count). The molecule has 4 nitrogen and oxygen atoms in total. The zero-order chi connectivity index (χ0) is 20.4. The second-order valence-corrected chi connectivity index (χ2v) is 9.79. The summed E-state index contributed by atoms with van der Waals surface area (Å²) in [5.41, 5.74) is 0. The van der Waals surface area contributed by atoms with Crippen molar-refractivity contribution in [3.8, 4) is 0 Å². The number of rotatable bonds is 20. The Kier molecular flexibility index (Phi) is 24.6. The van der Waals surface area contributed by atoms with E-state index in [-0.39, 0.29) is 57.5 Å². The fourth-order valence-corrected chi connectivity index (χ4v) is 4.51. The van der Waals surface area contributed by atoms with Crippen LogP contribution in [-0.2, 0) is 10.1 Å². The van der Waals surface area contributed by atoms with Crippen LogP contribution in [0.1, 0.15) is 129 Å².